The molecular weight excluding hydrogens is 152 g/mol. The Morgan fingerprint density at radius 2 is 1.70 bits per heavy atom. The largest absolute Gasteiger partial charge is 0.393 e. The Morgan fingerprint density at radius 3 is 2.10 bits per heavy atom. The highest BCUT2D eigenvalue weighted by atomic mass is 32.2. The van der Waals surface area contributed by atoms with Crippen molar-refractivity contribution in [1.82, 2.24) is 0 Å². The molecule has 0 spiro atoms. The van der Waals surface area contributed by atoms with E-state index in [9.17, 15) is 4.21 Å². The highest BCUT2D eigenvalue weighted by Gasteiger charge is 2.22. The summed E-state index contributed by atoms with van der Waals surface area (Å²) in [5, 5.41) is 8.93. The van der Waals surface area contributed by atoms with E-state index in [0.29, 0.717) is 25.7 Å². The predicted molar refractivity (Wildman–Crippen MR) is 39.0 cm³/mol. The maximum absolute atomic E-state index is 10.5. The summed E-state index contributed by atoms with van der Waals surface area (Å²) in [5.74, 6) is 0. The van der Waals surface area contributed by atoms with E-state index in [1.54, 1.807) is 0 Å². The molecule has 0 aromatic rings. The quantitative estimate of drug-likeness (QED) is 0.555. The van der Waals surface area contributed by atoms with Crippen LogP contribution in [-0.4, -0.2) is 25.2 Å². The third-order valence-corrected chi connectivity index (χ3v) is 2.97. The lowest BCUT2D eigenvalue weighted by molar-refractivity contribution is 0.131. The standard InChI is InChI=1S/C6H12O3S/c7-5-1-3-6(4-2-5)10(8)9/h5-7H,1-4H2,(H,8,9). The summed E-state index contributed by atoms with van der Waals surface area (Å²) in [6, 6.07) is 0. The highest BCUT2D eigenvalue weighted by molar-refractivity contribution is 7.79. The van der Waals surface area contributed by atoms with Gasteiger partial charge in [0.2, 0.25) is 0 Å². The summed E-state index contributed by atoms with van der Waals surface area (Å²) >= 11 is -1.68. The van der Waals surface area contributed by atoms with Crippen LogP contribution in [-0.2, 0) is 11.1 Å². The third-order valence-electron chi connectivity index (χ3n) is 1.93. The number of aliphatic hydroxyl groups is 1. The number of hydrogen-bond donors (Lipinski definition) is 2. The van der Waals surface area contributed by atoms with Crippen LogP contribution in [0.15, 0.2) is 0 Å². The van der Waals surface area contributed by atoms with Gasteiger partial charge in [-0.1, -0.05) is 0 Å². The Hall–Kier alpha value is 0.0700. The first-order chi connectivity index (χ1) is 4.70. The van der Waals surface area contributed by atoms with Crippen LogP contribution in [0.25, 0.3) is 0 Å². The molecule has 3 nitrogen and oxygen atoms in total. The Balaban J connectivity index is 2.33. The first kappa shape index (κ1) is 8.17. The average molecular weight is 164 g/mol. The smallest absolute Gasteiger partial charge is 0.155 e. The van der Waals surface area contributed by atoms with E-state index >= 15 is 0 Å². The molecule has 1 unspecified atom stereocenters. The fourth-order valence-electron chi connectivity index (χ4n) is 1.25. The van der Waals surface area contributed by atoms with Crippen LogP contribution in [0.5, 0.6) is 0 Å². The van der Waals surface area contributed by atoms with Crippen LogP contribution in [0.1, 0.15) is 25.7 Å². The van der Waals surface area contributed by atoms with Crippen molar-refractivity contribution in [2.45, 2.75) is 37.0 Å². The molecule has 60 valence electrons. The van der Waals surface area contributed by atoms with Gasteiger partial charge < -0.3 is 9.66 Å². The molecule has 1 aliphatic rings. The van der Waals surface area contributed by atoms with Crippen LogP contribution in [0.4, 0.5) is 0 Å². The second kappa shape index (κ2) is 3.46. The Bertz CT molecular complexity index is 129. The Kier molecular flexibility index (Phi) is 2.82. The summed E-state index contributed by atoms with van der Waals surface area (Å²) < 4.78 is 19.1. The maximum atomic E-state index is 10.5. The van der Waals surface area contributed by atoms with Crippen LogP contribution < -0.4 is 0 Å². The van der Waals surface area contributed by atoms with Crippen LogP contribution in [0.3, 0.4) is 0 Å². The van der Waals surface area contributed by atoms with Crippen molar-refractivity contribution in [3.63, 3.8) is 0 Å². The van der Waals surface area contributed by atoms with Crippen molar-refractivity contribution in [3.8, 4) is 0 Å². The lowest BCUT2D eigenvalue weighted by Crippen LogP contribution is -2.25. The van der Waals surface area contributed by atoms with Gasteiger partial charge in [-0.15, -0.1) is 0 Å². The molecule has 0 aromatic heterocycles. The van der Waals surface area contributed by atoms with Gasteiger partial charge in [-0.2, -0.15) is 0 Å². The van der Waals surface area contributed by atoms with Gasteiger partial charge in [0, 0.05) is 0 Å². The zero-order valence-corrected chi connectivity index (χ0v) is 6.51. The van der Waals surface area contributed by atoms with Gasteiger partial charge in [0.1, 0.15) is 0 Å². The van der Waals surface area contributed by atoms with E-state index < -0.39 is 11.1 Å². The monoisotopic (exact) mass is 164 g/mol. The normalized spacial score (nSPS) is 37.4. The predicted octanol–water partition coefficient (Wildman–Crippen LogP) is 0.512. The molecule has 0 aromatic carbocycles. The second-order valence-corrected chi connectivity index (χ2v) is 3.93. The summed E-state index contributed by atoms with van der Waals surface area (Å²) in [5.41, 5.74) is 0. The molecule has 0 heterocycles. The Labute approximate surface area is 62.7 Å². The topological polar surface area (TPSA) is 57.5 Å². The molecule has 2 N–H and O–H groups in total. The minimum absolute atomic E-state index is 0.0941. The van der Waals surface area contributed by atoms with E-state index in [0.717, 1.165) is 0 Å². The molecule has 1 rings (SSSR count). The van der Waals surface area contributed by atoms with Gasteiger partial charge in [-0.05, 0) is 25.7 Å². The minimum Gasteiger partial charge on any atom is -0.393 e. The van der Waals surface area contributed by atoms with E-state index in [4.69, 9.17) is 9.66 Å². The zero-order chi connectivity index (χ0) is 7.56. The van der Waals surface area contributed by atoms with Gasteiger partial charge in [0.25, 0.3) is 0 Å². The Morgan fingerprint density at radius 1 is 1.20 bits per heavy atom. The van der Waals surface area contributed by atoms with Crippen molar-refractivity contribution < 1.29 is 13.9 Å². The van der Waals surface area contributed by atoms with E-state index in [1.807, 2.05) is 0 Å². The lowest BCUT2D eigenvalue weighted by atomic mass is 9.97. The second-order valence-electron chi connectivity index (χ2n) is 2.71. The molecule has 1 fully saturated rings. The summed E-state index contributed by atoms with van der Waals surface area (Å²) in [4.78, 5) is 0. The van der Waals surface area contributed by atoms with Crippen LogP contribution >= 0.6 is 0 Å². The third kappa shape index (κ3) is 2.04. The van der Waals surface area contributed by atoms with Gasteiger partial charge in [0.05, 0.1) is 11.4 Å². The van der Waals surface area contributed by atoms with Gasteiger partial charge in [0.15, 0.2) is 11.1 Å². The molecule has 0 saturated heterocycles. The average Bonchev–Trinajstić information content (AvgIpc) is 1.88. The zero-order valence-electron chi connectivity index (χ0n) is 5.69. The fraction of sp³-hybridized carbons (Fsp3) is 1.00. The van der Waals surface area contributed by atoms with Gasteiger partial charge in [-0.25, -0.2) is 4.21 Å². The molecule has 10 heavy (non-hydrogen) atoms. The molecule has 0 bridgehead atoms. The number of hydrogen-bond acceptors (Lipinski definition) is 2. The maximum Gasteiger partial charge on any atom is 0.155 e. The fourth-order valence-corrected chi connectivity index (χ4v) is 1.92. The van der Waals surface area contributed by atoms with Crippen molar-refractivity contribution in [2.75, 3.05) is 0 Å². The van der Waals surface area contributed by atoms with Crippen LogP contribution in [0.2, 0.25) is 0 Å². The molecule has 4 heteroatoms. The van der Waals surface area contributed by atoms with E-state index in [1.165, 1.54) is 0 Å². The molecular formula is C6H12O3S. The molecule has 1 saturated carbocycles. The SMILES string of the molecule is O=S(O)C1CCC(O)CC1. The van der Waals surface area contributed by atoms with Crippen molar-refractivity contribution in [2.24, 2.45) is 0 Å². The van der Waals surface area contributed by atoms with Crippen LogP contribution in [0, 0.1) is 0 Å². The molecule has 0 amide bonds. The highest BCUT2D eigenvalue weighted by Crippen LogP contribution is 2.21. The first-order valence-electron chi connectivity index (χ1n) is 3.48. The summed E-state index contributed by atoms with van der Waals surface area (Å²) in [6.45, 7) is 0. The molecule has 0 aliphatic heterocycles. The van der Waals surface area contributed by atoms with Gasteiger partial charge in [-0.3, -0.25) is 0 Å². The van der Waals surface area contributed by atoms with Crippen molar-refractivity contribution in [3.05, 3.63) is 0 Å². The summed E-state index contributed by atoms with van der Waals surface area (Å²) in [6.07, 6.45) is 2.49. The van der Waals surface area contributed by atoms with Crippen molar-refractivity contribution in [1.29, 1.82) is 0 Å². The number of aliphatic hydroxyl groups excluding tert-OH is 1. The van der Waals surface area contributed by atoms with Gasteiger partial charge >= 0.3 is 0 Å². The van der Waals surface area contributed by atoms with E-state index in [2.05, 4.69) is 0 Å². The first-order valence-corrected chi connectivity index (χ1v) is 4.65. The van der Waals surface area contributed by atoms with E-state index in [-0.39, 0.29) is 11.4 Å². The molecule has 0 radical (unpaired) electrons. The van der Waals surface area contributed by atoms with Crippen molar-refractivity contribution >= 4 is 11.1 Å². The lowest BCUT2D eigenvalue weighted by Gasteiger charge is -2.22. The molecule has 1 atom stereocenters. The number of rotatable bonds is 1. The minimum atomic E-state index is -1.68. The summed E-state index contributed by atoms with van der Waals surface area (Å²) in [7, 11) is 0. The molecule has 1 aliphatic carbocycles.